The summed E-state index contributed by atoms with van der Waals surface area (Å²) in [6.07, 6.45) is 7.46. The molecule has 1 aliphatic carbocycles. The largest absolute Gasteiger partial charge is 0.382 e. The van der Waals surface area contributed by atoms with Crippen LogP contribution in [0.2, 0.25) is 0 Å². The molecule has 5 heteroatoms. The SMILES string of the molecule is CN(C(=O)c1cncc(N)n1)C1CCCC1. The number of nitrogen functional groups attached to an aromatic ring is 1. The first kappa shape index (κ1) is 10.9. The highest BCUT2D eigenvalue weighted by molar-refractivity contribution is 5.92. The van der Waals surface area contributed by atoms with Crippen molar-refractivity contribution in [1.29, 1.82) is 0 Å². The molecule has 1 fully saturated rings. The third-order valence-electron chi connectivity index (χ3n) is 3.07. The van der Waals surface area contributed by atoms with Crippen molar-refractivity contribution in [3.63, 3.8) is 0 Å². The fourth-order valence-corrected chi connectivity index (χ4v) is 2.12. The van der Waals surface area contributed by atoms with Crippen LogP contribution in [0, 0.1) is 0 Å². The predicted molar refractivity (Wildman–Crippen MR) is 60.8 cm³/mol. The number of nitrogens with zero attached hydrogens (tertiary/aromatic N) is 3. The van der Waals surface area contributed by atoms with E-state index < -0.39 is 0 Å². The van der Waals surface area contributed by atoms with E-state index in [4.69, 9.17) is 5.73 Å². The first-order valence-corrected chi connectivity index (χ1v) is 5.53. The van der Waals surface area contributed by atoms with Crippen molar-refractivity contribution in [1.82, 2.24) is 14.9 Å². The van der Waals surface area contributed by atoms with Gasteiger partial charge in [-0.25, -0.2) is 4.98 Å². The smallest absolute Gasteiger partial charge is 0.274 e. The molecule has 2 N–H and O–H groups in total. The average Bonchev–Trinajstić information content (AvgIpc) is 2.80. The van der Waals surface area contributed by atoms with Crippen molar-refractivity contribution in [3.05, 3.63) is 18.1 Å². The maximum absolute atomic E-state index is 12.1. The first-order chi connectivity index (χ1) is 7.68. The van der Waals surface area contributed by atoms with Gasteiger partial charge in [0.2, 0.25) is 0 Å². The number of carbonyl (C=O) groups excluding carboxylic acids is 1. The zero-order chi connectivity index (χ0) is 11.5. The van der Waals surface area contributed by atoms with Gasteiger partial charge in [-0.15, -0.1) is 0 Å². The fourth-order valence-electron chi connectivity index (χ4n) is 2.12. The number of rotatable bonds is 2. The standard InChI is InChI=1S/C11H16N4O/c1-15(8-4-2-3-5-8)11(16)9-6-13-7-10(12)14-9/h6-8H,2-5H2,1H3,(H2,12,14). The van der Waals surface area contributed by atoms with Gasteiger partial charge in [-0.05, 0) is 12.8 Å². The van der Waals surface area contributed by atoms with E-state index in [0.29, 0.717) is 11.7 Å². The van der Waals surface area contributed by atoms with Crippen LogP contribution in [-0.4, -0.2) is 33.9 Å². The molecule has 0 aliphatic heterocycles. The van der Waals surface area contributed by atoms with E-state index in [1.165, 1.54) is 25.2 Å². The number of aromatic nitrogens is 2. The van der Waals surface area contributed by atoms with Crippen LogP contribution in [0.1, 0.15) is 36.2 Å². The highest BCUT2D eigenvalue weighted by Gasteiger charge is 2.25. The monoisotopic (exact) mass is 220 g/mol. The van der Waals surface area contributed by atoms with Crippen molar-refractivity contribution in [2.24, 2.45) is 0 Å². The van der Waals surface area contributed by atoms with E-state index in [1.807, 2.05) is 7.05 Å². The second-order valence-electron chi connectivity index (χ2n) is 4.18. The van der Waals surface area contributed by atoms with E-state index in [-0.39, 0.29) is 11.7 Å². The normalized spacial score (nSPS) is 16.3. The van der Waals surface area contributed by atoms with Crippen molar-refractivity contribution in [2.45, 2.75) is 31.7 Å². The maximum Gasteiger partial charge on any atom is 0.274 e. The Morgan fingerprint density at radius 3 is 2.75 bits per heavy atom. The van der Waals surface area contributed by atoms with Crippen LogP contribution in [0.4, 0.5) is 5.82 Å². The molecule has 1 aliphatic rings. The Morgan fingerprint density at radius 2 is 2.12 bits per heavy atom. The van der Waals surface area contributed by atoms with Gasteiger partial charge in [0.15, 0.2) is 0 Å². The second kappa shape index (κ2) is 4.47. The molecule has 5 nitrogen and oxygen atoms in total. The van der Waals surface area contributed by atoms with Crippen molar-refractivity contribution in [3.8, 4) is 0 Å². The molecule has 16 heavy (non-hydrogen) atoms. The Kier molecular flexibility index (Phi) is 3.03. The lowest BCUT2D eigenvalue weighted by atomic mass is 10.2. The van der Waals surface area contributed by atoms with Gasteiger partial charge in [0.05, 0.1) is 12.4 Å². The summed E-state index contributed by atoms with van der Waals surface area (Å²) in [5.74, 6) is 0.192. The molecular formula is C11H16N4O. The molecule has 0 saturated heterocycles. The minimum Gasteiger partial charge on any atom is -0.382 e. The lowest BCUT2D eigenvalue weighted by Gasteiger charge is -2.23. The zero-order valence-corrected chi connectivity index (χ0v) is 9.39. The molecule has 2 rings (SSSR count). The zero-order valence-electron chi connectivity index (χ0n) is 9.39. The molecule has 0 aromatic carbocycles. The Balaban J connectivity index is 2.12. The summed E-state index contributed by atoms with van der Waals surface area (Å²) in [7, 11) is 1.82. The summed E-state index contributed by atoms with van der Waals surface area (Å²) in [5.41, 5.74) is 5.83. The summed E-state index contributed by atoms with van der Waals surface area (Å²) in [6.45, 7) is 0. The minimum absolute atomic E-state index is 0.0910. The number of hydrogen-bond donors (Lipinski definition) is 1. The summed E-state index contributed by atoms with van der Waals surface area (Å²) in [5, 5.41) is 0. The van der Waals surface area contributed by atoms with Crippen molar-refractivity contribution < 1.29 is 4.79 Å². The number of anilines is 1. The summed E-state index contributed by atoms with van der Waals surface area (Å²) < 4.78 is 0. The molecule has 1 aromatic rings. The summed E-state index contributed by atoms with van der Waals surface area (Å²) in [6, 6.07) is 0.343. The van der Waals surface area contributed by atoms with E-state index in [0.717, 1.165) is 12.8 Å². The summed E-state index contributed by atoms with van der Waals surface area (Å²) in [4.78, 5) is 21.7. The first-order valence-electron chi connectivity index (χ1n) is 5.53. The molecule has 0 unspecified atom stereocenters. The number of amides is 1. The highest BCUT2D eigenvalue weighted by atomic mass is 16.2. The van der Waals surface area contributed by atoms with Crippen LogP contribution < -0.4 is 5.73 Å². The maximum atomic E-state index is 12.1. The molecule has 1 heterocycles. The van der Waals surface area contributed by atoms with Gasteiger partial charge in [-0.2, -0.15) is 0 Å². The van der Waals surface area contributed by atoms with Gasteiger partial charge < -0.3 is 10.6 Å². The molecule has 1 aromatic heterocycles. The quantitative estimate of drug-likeness (QED) is 0.809. The van der Waals surface area contributed by atoms with Gasteiger partial charge in [0.25, 0.3) is 5.91 Å². The molecular weight excluding hydrogens is 204 g/mol. The van der Waals surface area contributed by atoms with Crippen molar-refractivity contribution in [2.75, 3.05) is 12.8 Å². The Hall–Kier alpha value is -1.65. The topological polar surface area (TPSA) is 72.1 Å². The van der Waals surface area contributed by atoms with E-state index in [9.17, 15) is 4.79 Å². The van der Waals surface area contributed by atoms with Crippen LogP contribution >= 0.6 is 0 Å². The minimum atomic E-state index is -0.0910. The van der Waals surface area contributed by atoms with E-state index >= 15 is 0 Å². The van der Waals surface area contributed by atoms with Crippen LogP contribution in [0.5, 0.6) is 0 Å². The summed E-state index contributed by atoms with van der Waals surface area (Å²) >= 11 is 0. The molecule has 0 radical (unpaired) electrons. The van der Waals surface area contributed by atoms with Crippen LogP contribution in [-0.2, 0) is 0 Å². The molecule has 0 bridgehead atoms. The van der Waals surface area contributed by atoms with Gasteiger partial charge >= 0.3 is 0 Å². The van der Waals surface area contributed by atoms with Crippen LogP contribution in [0.3, 0.4) is 0 Å². The third-order valence-corrected chi connectivity index (χ3v) is 3.07. The average molecular weight is 220 g/mol. The van der Waals surface area contributed by atoms with Crippen LogP contribution in [0.25, 0.3) is 0 Å². The molecule has 86 valence electrons. The van der Waals surface area contributed by atoms with E-state index in [2.05, 4.69) is 9.97 Å². The fraction of sp³-hybridized carbons (Fsp3) is 0.545. The van der Waals surface area contributed by atoms with E-state index in [1.54, 1.807) is 4.90 Å². The number of carbonyl (C=O) groups is 1. The predicted octanol–water partition coefficient (Wildman–Crippen LogP) is 1.07. The van der Waals surface area contributed by atoms with Gasteiger partial charge in [-0.3, -0.25) is 9.78 Å². The van der Waals surface area contributed by atoms with Gasteiger partial charge in [0, 0.05) is 13.1 Å². The van der Waals surface area contributed by atoms with Gasteiger partial charge in [0.1, 0.15) is 11.5 Å². The number of hydrogen-bond acceptors (Lipinski definition) is 4. The Morgan fingerprint density at radius 1 is 1.44 bits per heavy atom. The van der Waals surface area contributed by atoms with Crippen molar-refractivity contribution >= 4 is 11.7 Å². The highest BCUT2D eigenvalue weighted by Crippen LogP contribution is 2.23. The molecule has 0 atom stereocenters. The molecule has 1 amide bonds. The number of nitrogens with two attached hydrogens (primary N) is 1. The lowest BCUT2D eigenvalue weighted by Crippen LogP contribution is -2.35. The van der Waals surface area contributed by atoms with Gasteiger partial charge in [-0.1, -0.05) is 12.8 Å². The van der Waals surface area contributed by atoms with Crippen LogP contribution in [0.15, 0.2) is 12.4 Å². The molecule has 1 saturated carbocycles. The molecule has 0 spiro atoms. The second-order valence-corrected chi connectivity index (χ2v) is 4.18. The Bertz CT molecular complexity index is 387. The lowest BCUT2D eigenvalue weighted by molar-refractivity contribution is 0.0729. The third kappa shape index (κ3) is 2.13. The Labute approximate surface area is 94.7 Å².